The summed E-state index contributed by atoms with van der Waals surface area (Å²) in [5.74, 6) is 0.490. The van der Waals surface area contributed by atoms with Crippen molar-refractivity contribution in [2.45, 2.75) is 26.4 Å². The first-order chi connectivity index (χ1) is 13.0. The van der Waals surface area contributed by atoms with Crippen LogP contribution in [0, 0.1) is 0 Å². The molecule has 0 spiro atoms. The molecule has 0 saturated heterocycles. The van der Waals surface area contributed by atoms with Crippen molar-refractivity contribution in [1.82, 2.24) is 10.6 Å². The summed E-state index contributed by atoms with van der Waals surface area (Å²) in [6.45, 7) is 3.86. The summed E-state index contributed by atoms with van der Waals surface area (Å²) in [7, 11) is 0. The minimum Gasteiger partial charge on any atom is -0.483 e. The SMILES string of the molecule is CC(C)NC(=O)COc1cc2ccccc2cc1C(=O)NCc1ccco1. The van der Waals surface area contributed by atoms with Crippen molar-refractivity contribution < 1.29 is 18.7 Å². The smallest absolute Gasteiger partial charge is 0.258 e. The molecule has 0 bridgehead atoms. The molecule has 0 aliphatic carbocycles. The van der Waals surface area contributed by atoms with E-state index in [0.29, 0.717) is 17.1 Å². The maximum Gasteiger partial charge on any atom is 0.258 e. The Morgan fingerprint density at radius 3 is 2.48 bits per heavy atom. The van der Waals surface area contributed by atoms with Crippen molar-refractivity contribution in [3.05, 3.63) is 66.1 Å². The molecule has 0 radical (unpaired) electrons. The van der Waals surface area contributed by atoms with Crippen molar-refractivity contribution in [3.63, 3.8) is 0 Å². The van der Waals surface area contributed by atoms with Gasteiger partial charge in [0.25, 0.3) is 11.8 Å². The first-order valence-electron chi connectivity index (χ1n) is 8.78. The van der Waals surface area contributed by atoms with Crippen molar-refractivity contribution in [2.24, 2.45) is 0 Å². The molecular formula is C21H22N2O4. The van der Waals surface area contributed by atoms with E-state index < -0.39 is 0 Å². The van der Waals surface area contributed by atoms with E-state index in [0.717, 1.165) is 10.8 Å². The third kappa shape index (κ3) is 4.88. The minimum absolute atomic E-state index is 0.0220. The number of benzene rings is 2. The molecule has 0 atom stereocenters. The molecule has 2 aromatic carbocycles. The predicted molar refractivity (Wildman–Crippen MR) is 103 cm³/mol. The van der Waals surface area contributed by atoms with Crippen LogP contribution in [0.1, 0.15) is 30.0 Å². The summed E-state index contributed by atoms with van der Waals surface area (Å²) in [5.41, 5.74) is 0.373. The van der Waals surface area contributed by atoms with Crippen LogP contribution in [0.5, 0.6) is 5.75 Å². The predicted octanol–water partition coefficient (Wildman–Crippen LogP) is 3.27. The fraction of sp³-hybridized carbons (Fsp3) is 0.238. The molecule has 0 saturated carbocycles. The molecule has 2 N–H and O–H groups in total. The average molecular weight is 366 g/mol. The largest absolute Gasteiger partial charge is 0.483 e. The van der Waals surface area contributed by atoms with E-state index in [2.05, 4.69) is 10.6 Å². The van der Waals surface area contributed by atoms with E-state index in [4.69, 9.17) is 9.15 Å². The molecule has 1 aromatic heterocycles. The fourth-order valence-electron chi connectivity index (χ4n) is 2.70. The molecule has 0 unspecified atom stereocenters. The third-order valence-electron chi connectivity index (χ3n) is 3.90. The molecule has 27 heavy (non-hydrogen) atoms. The molecular weight excluding hydrogens is 344 g/mol. The molecule has 3 aromatic rings. The number of hydrogen-bond donors (Lipinski definition) is 2. The first kappa shape index (κ1) is 18.5. The van der Waals surface area contributed by atoms with Crippen LogP contribution >= 0.6 is 0 Å². The Kier molecular flexibility index (Phi) is 5.76. The standard InChI is InChI=1S/C21H22N2O4/c1-14(2)23-20(24)13-27-19-11-16-7-4-3-6-15(16)10-18(19)21(25)22-12-17-8-5-9-26-17/h3-11,14H,12-13H2,1-2H3,(H,22,25)(H,23,24). The zero-order chi connectivity index (χ0) is 19.2. The highest BCUT2D eigenvalue weighted by Crippen LogP contribution is 2.26. The number of rotatable bonds is 7. The normalized spacial score (nSPS) is 10.8. The molecule has 1 heterocycles. The highest BCUT2D eigenvalue weighted by atomic mass is 16.5. The molecule has 3 rings (SSSR count). The van der Waals surface area contributed by atoms with Gasteiger partial charge in [0.05, 0.1) is 18.4 Å². The van der Waals surface area contributed by atoms with Gasteiger partial charge in [-0.05, 0) is 48.9 Å². The molecule has 6 nitrogen and oxygen atoms in total. The second-order valence-corrected chi connectivity index (χ2v) is 6.47. The van der Waals surface area contributed by atoms with E-state index >= 15 is 0 Å². The van der Waals surface area contributed by atoms with Crippen LogP contribution in [0.4, 0.5) is 0 Å². The Bertz CT molecular complexity index is 933. The van der Waals surface area contributed by atoms with Crippen LogP contribution in [0.15, 0.2) is 59.2 Å². The van der Waals surface area contributed by atoms with Crippen LogP contribution in [-0.2, 0) is 11.3 Å². The highest BCUT2D eigenvalue weighted by Gasteiger charge is 2.16. The lowest BCUT2D eigenvalue weighted by Crippen LogP contribution is -2.34. The Balaban J connectivity index is 1.82. The van der Waals surface area contributed by atoms with E-state index in [-0.39, 0.29) is 31.0 Å². The van der Waals surface area contributed by atoms with Crippen LogP contribution in [0.3, 0.4) is 0 Å². The van der Waals surface area contributed by atoms with Gasteiger partial charge in [0, 0.05) is 6.04 Å². The summed E-state index contributed by atoms with van der Waals surface area (Å²) in [6, 6.07) is 14.8. The Morgan fingerprint density at radius 1 is 1.07 bits per heavy atom. The quantitative estimate of drug-likeness (QED) is 0.672. The lowest BCUT2D eigenvalue weighted by atomic mass is 10.1. The van der Waals surface area contributed by atoms with Gasteiger partial charge in [-0.1, -0.05) is 24.3 Å². The highest BCUT2D eigenvalue weighted by molar-refractivity contribution is 6.01. The van der Waals surface area contributed by atoms with Gasteiger partial charge < -0.3 is 19.8 Å². The van der Waals surface area contributed by atoms with Crippen LogP contribution in [0.2, 0.25) is 0 Å². The zero-order valence-electron chi connectivity index (χ0n) is 15.3. The number of furan rings is 1. The summed E-state index contributed by atoms with van der Waals surface area (Å²) >= 11 is 0. The number of hydrogen-bond acceptors (Lipinski definition) is 4. The summed E-state index contributed by atoms with van der Waals surface area (Å²) in [5, 5.41) is 7.43. The van der Waals surface area contributed by atoms with E-state index in [1.807, 2.05) is 38.1 Å². The van der Waals surface area contributed by atoms with Crippen molar-refractivity contribution >= 4 is 22.6 Å². The second-order valence-electron chi connectivity index (χ2n) is 6.47. The number of nitrogens with one attached hydrogen (secondary N) is 2. The minimum atomic E-state index is -0.295. The van der Waals surface area contributed by atoms with Gasteiger partial charge in [0.2, 0.25) is 0 Å². The molecule has 0 aliphatic heterocycles. The van der Waals surface area contributed by atoms with E-state index in [1.165, 1.54) is 0 Å². The first-order valence-corrected chi connectivity index (χ1v) is 8.78. The van der Waals surface area contributed by atoms with E-state index in [1.54, 1.807) is 30.5 Å². The Hall–Kier alpha value is -3.28. The molecule has 6 heteroatoms. The van der Waals surface area contributed by atoms with Gasteiger partial charge in [-0.25, -0.2) is 0 Å². The van der Waals surface area contributed by atoms with Gasteiger partial charge in [-0.3, -0.25) is 9.59 Å². The van der Waals surface area contributed by atoms with Gasteiger partial charge in [0.1, 0.15) is 11.5 Å². The Labute approximate surface area is 157 Å². The number of ether oxygens (including phenoxy) is 1. The zero-order valence-corrected chi connectivity index (χ0v) is 15.3. The summed E-state index contributed by atoms with van der Waals surface area (Å²) < 4.78 is 10.9. The monoisotopic (exact) mass is 366 g/mol. The summed E-state index contributed by atoms with van der Waals surface area (Å²) in [6.07, 6.45) is 1.55. The van der Waals surface area contributed by atoms with Crippen molar-refractivity contribution in [2.75, 3.05) is 6.61 Å². The topological polar surface area (TPSA) is 80.6 Å². The van der Waals surface area contributed by atoms with Gasteiger partial charge in [0.15, 0.2) is 6.61 Å². The maximum absolute atomic E-state index is 12.7. The lowest BCUT2D eigenvalue weighted by Gasteiger charge is -2.14. The maximum atomic E-state index is 12.7. The van der Waals surface area contributed by atoms with Crippen LogP contribution < -0.4 is 15.4 Å². The number of amides is 2. The van der Waals surface area contributed by atoms with Crippen molar-refractivity contribution in [3.8, 4) is 5.75 Å². The fourth-order valence-corrected chi connectivity index (χ4v) is 2.70. The molecule has 0 fully saturated rings. The number of fused-ring (bicyclic) bond motifs is 1. The second kappa shape index (κ2) is 8.40. The molecule has 140 valence electrons. The van der Waals surface area contributed by atoms with Gasteiger partial charge >= 0.3 is 0 Å². The lowest BCUT2D eigenvalue weighted by molar-refractivity contribution is -0.123. The third-order valence-corrected chi connectivity index (χ3v) is 3.90. The van der Waals surface area contributed by atoms with Crippen LogP contribution in [0.25, 0.3) is 10.8 Å². The molecule has 2 amide bonds. The molecule has 0 aliphatic rings. The van der Waals surface area contributed by atoms with Crippen molar-refractivity contribution in [1.29, 1.82) is 0 Å². The number of carbonyl (C=O) groups is 2. The van der Waals surface area contributed by atoms with E-state index in [9.17, 15) is 9.59 Å². The van der Waals surface area contributed by atoms with Gasteiger partial charge in [-0.15, -0.1) is 0 Å². The van der Waals surface area contributed by atoms with Gasteiger partial charge in [-0.2, -0.15) is 0 Å². The summed E-state index contributed by atoms with van der Waals surface area (Å²) in [4.78, 5) is 24.6. The van der Waals surface area contributed by atoms with Crippen LogP contribution in [-0.4, -0.2) is 24.5 Å². The average Bonchev–Trinajstić information content (AvgIpc) is 3.16. The number of carbonyl (C=O) groups excluding carboxylic acids is 2. The Morgan fingerprint density at radius 2 is 1.81 bits per heavy atom.